The Morgan fingerprint density at radius 3 is 2.83 bits per heavy atom. The first-order valence-corrected chi connectivity index (χ1v) is 7.48. The molecule has 0 saturated carbocycles. The van der Waals surface area contributed by atoms with Crippen molar-refractivity contribution in [2.45, 2.75) is 25.8 Å². The molecule has 1 unspecified atom stereocenters. The van der Waals surface area contributed by atoms with Crippen molar-refractivity contribution in [3.63, 3.8) is 0 Å². The van der Waals surface area contributed by atoms with Crippen LogP contribution in [-0.2, 0) is 14.3 Å². The summed E-state index contributed by atoms with van der Waals surface area (Å²) in [5, 5.41) is 3.33. The molecule has 0 bridgehead atoms. The molecule has 0 aromatic heterocycles. The Labute approximate surface area is 113 Å². The van der Waals surface area contributed by atoms with Gasteiger partial charge in [0.15, 0.2) is 0 Å². The van der Waals surface area contributed by atoms with Gasteiger partial charge >= 0.3 is 5.97 Å². The third-order valence-electron chi connectivity index (χ3n) is 2.81. The van der Waals surface area contributed by atoms with E-state index in [9.17, 15) is 9.59 Å². The minimum Gasteiger partial charge on any atom is -0.468 e. The third-order valence-corrected chi connectivity index (χ3v) is 3.94. The van der Waals surface area contributed by atoms with Gasteiger partial charge in [-0.1, -0.05) is 6.92 Å². The van der Waals surface area contributed by atoms with Gasteiger partial charge in [0.05, 0.1) is 7.11 Å². The summed E-state index contributed by atoms with van der Waals surface area (Å²) < 4.78 is 4.61. The molecule has 0 aromatic carbocycles. The molecule has 1 amide bonds. The van der Waals surface area contributed by atoms with Crippen molar-refractivity contribution < 1.29 is 14.3 Å². The predicted octanol–water partition coefficient (Wildman–Crippen LogP) is 0.493. The van der Waals surface area contributed by atoms with E-state index in [1.807, 2.05) is 18.7 Å². The van der Waals surface area contributed by atoms with Crippen LogP contribution in [0, 0.1) is 0 Å². The third kappa shape index (κ3) is 5.27. The Morgan fingerprint density at radius 1 is 1.50 bits per heavy atom. The van der Waals surface area contributed by atoms with Crippen LogP contribution in [0.15, 0.2) is 0 Å². The number of carbonyl (C=O) groups is 2. The number of methoxy groups -OCH3 is 1. The van der Waals surface area contributed by atoms with Crippen LogP contribution >= 0.6 is 11.8 Å². The Morgan fingerprint density at radius 2 is 2.28 bits per heavy atom. The lowest BCUT2D eigenvalue weighted by Crippen LogP contribution is -2.44. The van der Waals surface area contributed by atoms with Crippen molar-refractivity contribution in [3.05, 3.63) is 0 Å². The second-order valence-corrected chi connectivity index (χ2v) is 5.47. The van der Waals surface area contributed by atoms with Crippen LogP contribution in [0.5, 0.6) is 0 Å². The standard InChI is InChI=1S/C12H22N2O3S/c1-3-5-14(8-12(16)17-2)11(15)7-10-9-18-6-4-13-10/h10,13H,3-9H2,1-2H3. The van der Waals surface area contributed by atoms with E-state index < -0.39 is 0 Å². The van der Waals surface area contributed by atoms with Gasteiger partial charge in [-0.05, 0) is 6.42 Å². The van der Waals surface area contributed by atoms with Crippen molar-refractivity contribution in [3.8, 4) is 0 Å². The zero-order valence-corrected chi connectivity index (χ0v) is 11.9. The average Bonchev–Trinajstić information content (AvgIpc) is 2.39. The van der Waals surface area contributed by atoms with Crippen molar-refractivity contribution in [1.29, 1.82) is 0 Å². The summed E-state index contributed by atoms with van der Waals surface area (Å²) in [6.45, 7) is 3.61. The lowest BCUT2D eigenvalue weighted by Gasteiger charge is -2.26. The van der Waals surface area contributed by atoms with E-state index in [1.165, 1.54) is 7.11 Å². The molecule has 0 spiro atoms. The van der Waals surface area contributed by atoms with E-state index in [1.54, 1.807) is 4.90 Å². The highest BCUT2D eigenvalue weighted by atomic mass is 32.2. The number of nitrogens with one attached hydrogen (secondary N) is 1. The quantitative estimate of drug-likeness (QED) is 0.715. The molecular weight excluding hydrogens is 252 g/mol. The summed E-state index contributed by atoms with van der Waals surface area (Å²) in [5.74, 6) is 1.74. The molecule has 1 fully saturated rings. The van der Waals surface area contributed by atoms with Crippen molar-refractivity contribution in [2.24, 2.45) is 0 Å². The number of nitrogens with zero attached hydrogens (tertiary/aromatic N) is 1. The van der Waals surface area contributed by atoms with Crippen LogP contribution in [0.2, 0.25) is 0 Å². The van der Waals surface area contributed by atoms with E-state index in [0.29, 0.717) is 13.0 Å². The molecule has 1 heterocycles. The molecule has 18 heavy (non-hydrogen) atoms. The maximum Gasteiger partial charge on any atom is 0.325 e. The monoisotopic (exact) mass is 274 g/mol. The van der Waals surface area contributed by atoms with Crippen LogP contribution in [0.25, 0.3) is 0 Å². The Balaban J connectivity index is 2.44. The molecule has 1 aliphatic rings. The number of amides is 1. The number of thioether (sulfide) groups is 1. The van der Waals surface area contributed by atoms with Gasteiger partial charge in [0.1, 0.15) is 6.54 Å². The number of hydrogen-bond acceptors (Lipinski definition) is 5. The minimum absolute atomic E-state index is 0.0299. The highest BCUT2D eigenvalue weighted by Gasteiger charge is 2.22. The normalized spacial score (nSPS) is 19.3. The number of esters is 1. The van der Waals surface area contributed by atoms with Gasteiger partial charge < -0.3 is 15.0 Å². The lowest BCUT2D eigenvalue weighted by atomic mass is 10.2. The number of carbonyl (C=O) groups excluding carboxylic acids is 2. The fourth-order valence-electron chi connectivity index (χ4n) is 1.87. The lowest BCUT2D eigenvalue weighted by molar-refractivity contribution is -0.147. The fraction of sp³-hybridized carbons (Fsp3) is 0.833. The molecule has 5 nitrogen and oxygen atoms in total. The van der Waals surface area contributed by atoms with E-state index in [0.717, 1.165) is 24.5 Å². The number of ether oxygens (including phenoxy) is 1. The smallest absolute Gasteiger partial charge is 0.325 e. The summed E-state index contributed by atoms with van der Waals surface area (Å²) in [5.41, 5.74) is 0. The van der Waals surface area contributed by atoms with E-state index >= 15 is 0 Å². The van der Waals surface area contributed by atoms with Gasteiger partial charge in [0, 0.05) is 37.1 Å². The van der Waals surface area contributed by atoms with Crippen LogP contribution in [0.4, 0.5) is 0 Å². The topological polar surface area (TPSA) is 58.6 Å². The molecule has 1 saturated heterocycles. The zero-order valence-electron chi connectivity index (χ0n) is 11.1. The van der Waals surface area contributed by atoms with E-state index in [4.69, 9.17) is 0 Å². The molecule has 0 aromatic rings. The molecular formula is C12H22N2O3S. The second kappa shape index (κ2) is 8.37. The van der Waals surface area contributed by atoms with Crippen molar-refractivity contribution in [2.75, 3.05) is 38.2 Å². The molecule has 1 N–H and O–H groups in total. The predicted molar refractivity (Wildman–Crippen MR) is 72.6 cm³/mol. The first-order valence-electron chi connectivity index (χ1n) is 6.33. The molecule has 1 atom stereocenters. The minimum atomic E-state index is -0.359. The van der Waals surface area contributed by atoms with Crippen LogP contribution in [-0.4, -0.2) is 61.1 Å². The van der Waals surface area contributed by atoms with Crippen LogP contribution < -0.4 is 5.32 Å². The Hall–Kier alpha value is -0.750. The van der Waals surface area contributed by atoms with Crippen molar-refractivity contribution in [1.82, 2.24) is 10.2 Å². The average molecular weight is 274 g/mol. The van der Waals surface area contributed by atoms with Gasteiger partial charge in [-0.15, -0.1) is 0 Å². The molecule has 6 heteroatoms. The number of rotatable bonds is 6. The first kappa shape index (κ1) is 15.3. The molecule has 0 radical (unpaired) electrons. The van der Waals surface area contributed by atoms with Gasteiger partial charge in [0.2, 0.25) is 5.91 Å². The van der Waals surface area contributed by atoms with E-state index in [-0.39, 0.29) is 24.5 Å². The van der Waals surface area contributed by atoms with Crippen LogP contribution in [0.3, 0.4) is 0 Å². The maximum absolute atomic E-state index is 12.1. The van der Waals surface area contributed by atoms with Gasteiger partial charge in [0.25, 0.3) is 0 Å². The summed E-state index contributed by atoms with van der Waals surface area (Å²) >= 11 is 1.86. The highest BCUT2D eigenvalue weighted by Crippen LogP contribution is 2.11. The second-order valence-electron chi connectivity index (χ2n) is 4.32. The SMILES string of the molecule is CCCN(CC(=O)OC)C(=O)CC1CSCCN1. The molecule has 1 rings (SSSR count). The molecule has 1 aliphatic heterocycles. The Kier molecular flexibility index (Phi) is 7.12. The van der Waals surface area contributed by atoms with Gasteiger partial charge in [-0.3, -0.25) is 9.59 Å². The van der Waals surface area contributed by atoms with E-state index in [2.05, 4.69) is 10.1 Å². The zero-order chi connectivity index (χ0) is 13.4. The van der Waals surface area contributed by atoms with Gasteiger partial charge in [-0.2, -0.15) is 11.8 Å². The van der Waals surface area contributed by atoms with Gasteiger partial charge in [-0.25, -0.2) is 0 Å². The molecule has 104 valence electrons. The summed E-state index contributed by atoms with van der Waals surface area (Å²) in [6, 6.07) is 0.230. The fourth-order valence-corrected chi connectivity index (χ4v) is 2.82. The number of hydrogen-bond donors (Lipinski definition) is 1. The maximum atomic E-state index is 12.1. The largest absolute Gasteiger partial charge is 0.468 e. The Bertz CT molecular complexity index is 280. The van der Waals surface area contributed by atoms with Crippen molar-refractivity contribution >= 4 is 23.6 Å². The first-order chi connectivity index (χ1) is 8.67. The van der Waals surface area contributed by atoms with Crippen LogP contribution in [0.1, 0.15) is 19.8 Å². The highest BCUT2D eigenvalue weighted by molar-refractivity contribution is 7.99. The summed E-state index contributed by atoms with van der Waals surface area (Å²) in [7, 11) is 1.34. The molecule has 0 aliphatic carbocycles. The summed E-state index contributed by atoms with van der Waals surface area (Å²) in [6.07, 6.45) is 1.31. The summed E-state index contributed by atoms with van der Waals surface area (Å²) in [4.78, 5) is 25.0.